The highest BCUT2D eigenvalue weighted by atomic mass is 32.1. The number of carbonyl (C=O) groups excluding carboxylic acids is 1. The molecule has 1 amide bonds. The van der Waals surface area contributed by atoms with Gasteiger partial charge in [-0.25, -0.2) is 4.98 Å². The molecule has 0 saturated heterocycles. The zero-order chi connectivity index (χ0) is 15.4. The van der Waals surface area contributed by atoms with Crippen LogP contribution in [0.3, 0.4) is 0 Å². The Labute approximate surface area is 129 Å². The molecule has 0 spiro atoms. The van der Waals surface area contributed by atoms with Gasteiger partial charge in [0.15, 0.2) is 11.2 Å². The van der Waals surface area contributed by atoms with Crippen LogP contribution in [0.25, 0.3) is 0 Å². The molecule has 0 aliphatic carbocycles. The average Bonchev–Trinajstić information content (AvgIpc) is 2.83. The molecule has 1 aromatic heterocycles. The Morgan fingerprint density at radius 2 is 2.14 bits per heavy atom. The van der Waals surface area contributed by atoms with Crippen LogP contribution in [0.1, 0.15) is 30.2 Å². The predicted octanol–water partition coefficient (Wildman–Crippen LogP) is 3.86. The Morgan fingerprint density at radius 1 is 1.38 bits per heavy atom. The summed E-state index contributed by atoms with van der Waals surface area (Å²) in [5.41, 5.74) is 3.11. The Hall–Kier alpha value is -1.88. The quantitative estimate of drug-likeness (QED) is 0.912. The van der Waals surface area contributed by atoms with E-state index in [4.69, 9.17) is 4.74 Å². The zero-order valence-electron chi connectivity index (χ0n) is 12.8. The number of nitrogens with one attached hydrogen (secondary N) is 1. The van der Waals surface area contributed by atoms with Gasteiger partial charge in [-0.2, -0.15) is 0 Å². The van der Waals surface area contributed by atoms with Crippen LogP contribution in [0.15, 0.2) is 23.6 Å². The highest BCUT2D eigenvalue weighted by Crippen LogP contribution is 2.22. The van der Waals surface area contributed by atoms with E-state index in [1.165, 1.54) is 16.9 Å². The smallest absolute Gasteiger partial charge is 0.267 e. The molecule has 1 atom stereocenters. The molecule has 0 aliphatic heterocycles. The van der Waals surface area contributed by atoms with Crippen LogP contribution < -0.4 is 10.1 Å². The maximum atomic E-state index is 12.3. The van der Waals surface area contributed by atoms with Gasteiger partial charge in [0.05, 0.1) is 5.69 Å². The van der Waals surface area contributed by atoms with E-state index in [9.17, 15) is 4.79 Å². The van der Waals surface area contributed by atoms with E-state index in [0.717, 1.165) is 17.0 Å². The molecule has 1 heterocycles. The number of hydrogen-bond acceptors (Lipinski definition) is 4. The van der Waals surface area contributed by atoms with E-state index in [0.29, 0.717) is 11.6 Å². The lowest BCUT2D eigenvalue weighted by Crippen LogP contribution is -2.32. The van der Waals surface area contributed by atoms with Crippen molar-refractivity contribution in [2.75, 3.05) is 5.32 Å². The first-order valence-corrected chi connectivity index (χ1v) is 7.84. The highest BCUT2D eigenvalue weighted by molar-refractivity contribution is 7.13. The van der Waals surface area contributed by atoms with Crippen LogP contribution in [-0.2, 0) is 4.79 Å². The molecule has 2 aromatic rings. The SMILES string of the molecule is CC[C@@H](Oc1ccc(C)cc1C)C(=O)Nc1nc(C)cs1. The first-order chi connectivity index (χ1) is 9.99. The van der Waals surface area contributed by atoms with Crippen LogP contribution in [0, 0.1) is 20.8 Å². The summed E-state index contributed by atoms with van der Waals surface area (Å²) in [6.45, 7) is 7.85. The third kappa shape index (κ3) is 4.04. The molecule has 0 fully saturated rings. The van der Waals surface area contributed by atoms with Crippen LogP contribution in [-0.4, -0.2) is 17.0 Å². The monoisotopic (exact) mass is 304 g/mol. The van der Waals surface area contributed by atoms with Crippen LogP contribution in [0.4, 0.5) is 5.13 Å². The Bertz CT molecular complexity index is 637. The number of thiazole rings is 1. The summed E-state index contributed by atoms with van der Waals surface area (Å²) in [4.78, 5) is 16.5. The minimum absolute atomic E-state index is 0.160. The number of aromatic nitrogens is 1. The van der Waals surface area contributed by atoms with E-state index in [2.05, 4.69) is 10.3 Å². The van der Waals surface area contributed by atoms with Gasteiger partial charge in [-0.15, -0.1) is 11.3 Å². The van der Waals surface area contributed by atoms with Gasteiger partial charge in [0.1, 0.15) is 5.75 Å². The van der Waals surface area contributed by atoms with Gasteiger partial charge in [-0.3, -0.25) is 10.1 Å². The number of amides is 1. The topological polar surface area (TPSA) is 51.2 Å². The lowest BCUT2D eigenvalue weighted by Gasteiger charge is -2.18. The third-order valence-electron chi connectivity index (χ3n) is 3.11. The van der Waals surface area contributed by atoms with Gasteiger partial charge in [-0.05, 0) is 38.8 Å². The van der Waals surface area contributed by atoms with Gasteiger partial charge in [0, 0.05) is 5.38 Å². The maximum absolute atomic E-state index is 12.3. The second-order valence-corrected chi connectivity index (χ2v) is 5.93. The van der Waals surface area contributed by atoms with Crippen LogP contribution in [0.5, 0.6) is 5.75 Å². The van der Waals surface area contributed by atoms with E-state index < -0.39 is 6.10 Å². The van der Waals surface area contributed by atoms with Gasteiger partial charge in [0.25, 0.3) is 5.91 Å². The number of anilines is 1. The number of aryl methyl sites for hydroxylation is 3. The molecule has 21 heavy (non-hydrogen) atoms. The fourth-order valence-corrected chi connectivity index (χ4v) is 2.70. The lowest BCUT2D eigenvalue weighted by atomic mass is 10.1. The van der Waals surface area contributed by atoms with E-state index in [1.807, 2.05) is 51.3 Å². The second kappa shape index (κ2) is 6.72. The van der Waals surface area contributed by atoms with E-state index in [-0.39, 0.29) is 5.91 Å². The number of ether oxygens (including phenoxy) is 1. The van der Waals surface area contributed by atoms with Crippen molar-refractivity contribution in [3.05, 3.63) is 40.4 Å². The number of hydrogen-bond donors (Lipinski definition) is 1. The Balaban J connectivity index is 2.06. The summed E-state index contributed by atoms with van der Waals surface area (Å²) < 4.78 is 5.86. The average molecular weight is 304 g/mol. The van der Waals surface area contributed by atoms with Crippen molar-refractivity contribution in [2.45, 2.75) is 40.2 Å². The third-order valence-corrected chi connectivity index (χ3v) is 3.99. The molecule has 4 nitrogen and oxygen atoms in total. The van der Waals surface area contributed by atoms with Gasteiger partial charge >= 0.3 is 0 Å². The molecule has 1 N–H and O–H groups in total. The summed E-state index contributed by atoms with van der Waals surface area (Å²) in [6, 6.07) is 5.94. The molecule has 112 valence electrons. The van der Waals surface area contributed by atoms with E-state index >= 15 is 0 Å². The molecular formula is C16H20N2O2S. The molecule has 0 unspecified atom stereocenters. The minimum atomic E-state index is -0.518. The Morgan fingerprint density at radius 3 is 2.71 bits per heavy atom. The van der Waals surface area contributed by atoms with Crippen molar-refractivity contribution in [1.29, 1.82) is 0 Å². The number of carbonyl (C=O) groups is 1. The van der Waals surface area contributed by atoms with Crippen LogP contribution in [0.2, 0.25) is 0 Å². The van der Waals surface area contributed by atoms with Crippen molar-refractivity contribution < 1.29 is 9.53 Å². The summed E-state index contributed by atoms with van der Waals surface area (Å²) in [5.74, 6) is 0.588. The minimum Gasteiger partial charge on any atom is -0.480 e. The van der Waals surface area contributed by atoms with Crippen LogP contribution >= 0.6 is 11.3 Å². The van der Waals surface area contributed by atoms with Gasteiger partial charge < -0.3 is 4.74 Å². The fourth-order valence-electron chi connectivity index (χ4n) is 2.00. The predicted molar refractivity (Wildman–Crippen MR) is 86.1 cm³/mol. The fraction of sp³-hybridized carbons (Fsp3) is 0.375. The van der Waals surface area contributed by atoms with Gasteiger partial charge in [0.2, 0.25) is 0 Å². The highest BCUT2D eigenvalue weighted by Gasteiger charge is 2.20. The van der Waals surface area contributed by atoms with Crippen molar-refractivity contribution in [3.8, 4) is 5.75 Å². The largest absolute Gasteiger partial charge is 0.480 e. The number of nitrogens with zero attached hydrogens (tertiary/aromatic N) is 1. The summed E-state index contributed by atoms with van der Waals surface area (Å²) in [5, 5.41) is 5.32. The number of rotatable bonds is 5. The normalized spacial score (nSPS) is 12.0. The second-order valence-electron chi connectivity index (χ2n) is 5.07. The standard InChI is InChI=1S/C16H20N2O2S/c1-5-13(15(19)18-16-17-12(4)9-21-16)20-14-7-6-10(2)8-11(14)3/h6-9,13H,5H2,1-4H3,(H,17,18,19)/t13-/m1/s1. The van der Waals surface area contributed by atoms with Crippen molar-refractivity contribution in [2.24, 2.45) is 0 Å². The van der Waals surface area contributed by atoms with Crippen molar-refractivity contribution in [3.63, 3.8) is 0 Å². The molecule has 0 aliphatic rings. The molecule has 1 aromatic carbocycles. The summed E-state index contributed by atoms with van der Waals surface area (Å²) in [6.07, 6.45) is 0.0827. The maximum Gasteiger partial charge on any atom is 0.267 e. The Kier molecular flexibility index (Phi) is 4.96. The number of benzene rings is 1. The van der Waals surface area contributed by atoms with Crippen molar-refractivity contribution in [1.82, 2.24) is 4.98 Å². The summed E-state index contributed by atoms with van der Waals surface area (Å²) >= 11 is 1.42. The molecule has 0 bridgehead atoms. The molecule has 2 rings (SSSR count). The van der Waals surface area contributed by atoms with Crippen molar-refractivity contribution >= 4 is 22.4 Å². The molecular weight excluding hydrogens is 284 g/mol. The molecule has 0 radical (unpaired) electrons. The molecule has 0 saturated carbocycles. The van der Waals surface area contributed by atoms with E-state index in [1.54, 1.807) is 0 Å². The zero-order valence-corrected chi connectivity index (χ0v) is 13.6. The first kappa shape index (κ1) is 15.5. The summed E-state index contributed by atoms with van der Waals surface area (Å²) in [7, 11) is 0. The first-order valence-electron chi connectivity index (χ1n) is 6.96. The lowest BCUT2D eigenvalue weighted by molar-refractivity contribution is -0.122. The molecule has 5 heteroatoms. The van der Waals surface area contributed by atoms with Gasteiger partial charge in [-0.1, -0.05) is 24.6 Å².